The van der Waals surface area contributed by atoms with Crippen molar-refractivity contribution >= 4 is 44.7 Å². The molecule has 0 saturated carbocycles. The van der Waals surface area contributed by atoms with Crippen LogP contribution in [-0.4, -0.2) is 4.99 Å². The lowest BCUT2D eigenvalue weighted by atomic mass is 10.1. The van der Waals surface area contributed by atoms with Crippen molar-refractivity contribution in [2.24, 2.45) is 0 Å². The zero-order valence-electron chi connectivity index (χ0n) is 13.9. The molecule has 0 aliphatic carbocycles. The second-order valence-corrected chi connectivity index (χ2v) is 7.48. The standard InChI is InChI=1S/C21H17BrClNOS/c22-17-8-11-20(25-14-16-4-2-1-3-5-16)19(12-17)21(26)24-13-15-6-9-18(23)10-7-15/h1-12H,13-14H2,(H,24,26). The molecule has 0 aliphatic rings. The number of hydrogen-bond donors (Lipinski definition) is 1. The lowest BCUT2D eigenvalue weighted by Gasteiger charge is -2.14. The van der Waals surface area contributed by atoms with Crippen LogP contribution < -0.4 is 10.1 Å². The van der Waals surface area contributed by atoms with Gasteiger partial charge in [-0.1, -0.05) is 82.2 Å². The van der Waals surface area contributed by atoms with Gasteiger partial charge in [0.15, 0.2) is 0 Å². The average molecular weight is 447 g/mol. The summed E-state index contributed by atoms with van der Waals surface area (Å²) in [6.45, 7) is 1.12. The fourth-order valence-electron chi connectivity index (χ4n) is 2.42. The van der Waals surface area contributed by atoms with Crippen LogP contribution in [0, 0.1) is 0 Å². The van der Waals surface area contributed by atoms with Crippen LogP contribution in [0.3, 0.4) is 0 Å². The van der Waals surface area contributed by atoms with Gasteiger partial charge in [-0.15, -0.1) is 0 Å². The summed E-state index contributed by atoms with van der Waals surface area (Å²) < 4.78 is 6.96. The third-order valence-corrected chi connectivity index (χ3v) is 4.90. The Balaban J connectivity index is 1.70. The summed E-state index contributed by atoms with van der Waals surface area (Å²) in [4.78, 5) is 0.643. The molecular formula is C21H17BrClNOS. The van der Waals surface area contributed by atoms with Crippen molar-refractivity contribution in [3.8, 4) is 5.75 Å². The summed E-state index contributed by atoms with van der Waals surface area (Å²) in [6, 6.07) is 23.6. The van der Waals surface area contributed by atoms with Crippen LogP contribution in [-0.2, 0) is 13.2 Å². The van der Waals surface area contributed by atoms with Gasteiger partial charge in [-0.05, 0) is 41.5 Å². The van der Waals surface area contributed by atoms with Crippen LogP contribution in [0.2, 0.25) is 5.02 Å². The maximum Gasteiger partial charge on any atom is 0.130 e. The predicted octanol–water partition coefficient (Wildman–Crippen LogP) is 6.15. The van der Waals surface area contributed by atoms with Crippen molar-refractivity contribution in [1.82, 2.24) is 5.32 Å². The summed E-state index contributed by atoms with van der Waals surface area (Å²) >= 11 is 15.0. The van der Waals surface area contributed by atoms with Crippen LogP contribution in [0.4, 0.5) is 0 Å². The molecule has 0 atom stereocenters. The van der Waals surface area contributed by atoms with E-state index in [1.807, 2.05) is 72.8 Å². The molecule has 132 valence electrons. The SMILES string of the molecule is S=C(NCc1ccc(Cl)cc1)c1cc(Br)ccc1OCc1ccccc1. The fourth-order valence-corrected chi connectivity index (χ4v) is 3.14. The summed E-state index contributed by atoms with van der Waals surface area (Å²) in [5.41, 5.74) is 3.08. The minimum absolute atomic E-state index is 0.495. The van der Waals surface area contributed by atoms with E-state index in [0.29, 0.717) is 18.1 Å². The molecule has 3 aromatic carbocycles. The zero-order chi connectivity index (χ0) is 18.4. The number of nitrogens with one attached hydrogen (secondary N) is 1. The first kappa shape index (κ1) is 18.9. The first-order chi connectivity index (χ1) is 12.6. The molecule has 0 aliphatic heterocycles. The molecule has 3 aromatic rings. The Kier molecular flexibility index (Phi) is 6.67. The zero-order valence-corrected chi connectivity index (χ0v) is 17.1. The Bertz CT molecular complexity index is 884. The van der Waals surface area contributed by atoms with Crippen molar-refractivity contribution in [2.75, 3.05) is 0 Å². The Morgan fingerprint density at radius 3 is 2.42 bits per heavy atom. The van der Waals surface area contributed by atoms with Gasteiger partial charge >= 0.3 is 0 Å². The third kappa shape index (κ3) is 5.31. The summed E-state index contributed by atoms with van der Waals surface area (Å²) in [5.74, 6) is 0.755. The Hall–Kier alpha value is -1.88. The lowest BCUT2D eigenvalue weighted by Crippen LogP contribution is -2.22. The number of hydrogen-bond acceptors (Lipinski definition) is 2. The van der Waals surface area contributed by atoms with Gasteiger partial charge < -0.3 is 10.1 Å². The maximum absolute atomic E-state index is 6.00. The fraction of sp³-hybridized carbons (Fsp3) is 0.0952. The van der Waals surface area contributed by atoms with E-state index in [9.17, 15) is 0 Å². The third-order valence-electron chi connectivity index (χ3n) is 3.79. The molecule has 0 heterocycles. The summed E-state index contributed by atoms with van der Waals surface area (Å²) in [5, 5.41) is 4.01. The van der Waals surface area contributed by atoms with E-state index in [1.165, 1.54) is 0 Å². The Morgan fingerprint density at radius 1 is 0.962 bits per heavy atom. The van der Waals surface area contributed by atoms with Gasteiger partial charge in [0, 0.05) is 16.0 Å². The van der Waals surface area contributed by atoms with Gasteiger partial charge in [0.25, 0.3) is 0 Å². The van der Waals surface area contributed by atoms with Gasteiger partial charge in [0.2, 0.25) is 0 Å². The van der Waals surface area contributed by atoms with Gasteiger partial charge in [0.05, 0.1) is 5.56 Å². The molecule has 3 rings (SSSR count). The predicted molar refractivity (Wildman–Crippen MR) is 115 cm³/mol. The first-order valence-electron chi connectivity index (χ1n) is 8.11. The summed E-state index contributed by atoms with van der Waals surface area (Å²) in [6.07, 6.45) is 0. The highest BCUT2D eigenvalue weighted by atomic mass is 79.9. The van der Waals surface area contributed by atoms with Crippen LogP contribution in [0.15, 0.2) is 77.3 Å². The Labute approximate surface area is 172 Å². The van der Waals surface area contributed by atoms with Crippen molar-refractivity contribution in [2.45, 2.75) is 13.2 Å². The van der Waals surface area contributed by atoms with Crippen LogP contribution >= 0.6 is 39.7 Å². The normalized spacial score (nSPS) is 10.4. The van der Waals surface area contributed by atoms with E-state index < -0.39 is 0 Å². The van der Waals surface area contributed by atoms with E-state index in [0.717, 1.165) is 31.9 Å². The molecule has 0 spiro atoms. The van der Waals surface area contributed by atoms with Crippen molar-refractivity contribution in [1.29, 1.82) is 0 Å². The van der Waals surface area contributed by atoms with Crippen molar-refractivity contribution < 1.29 is 4.74 Å². The van der Waals surface area contributed by atoms with Gasteiger partial charge in [0.1, 0.15) is 17.3 Å². The number of halogens is 2. The van der Waals surface area contributed by atoms with E-state index in [4.69, 9.17) is 28.6 Å². The van der Waals surface area contributed by atoms with E-state index in [1.54, 1.807) is 0 Å². The highest BCUT2D eigenvalue weighted by Crippen LogP contribution is 2.25. The molecule has 0 aromatic heterocycles. The number of benzene rings is 3. The maximum atomic E-state index is 6.00. The molecule has 0 fully saturated rings. The molecule has 5 heteroatoms. The second-order valence-electron chi connectivity index (χ2n) is 5.72. The molecule has 0 radical (unpaired) electrons. The minimum Gasteiger partial charge on any atom is -0.488 e. The number of ether oxygens (including phenoxy) is 1. The highest BCUT2D eigenvalue weighted by molar-refractivity contribution is 9.10. The molecule has 2 nitrogen and oxygen atoms in total. The number of thiocarbonyl (C=S) groups is 1. The van der Waals surface area contributed by atoms with Crippen LogP contribution in [0.5, 0.6) is 5.75 Å². The van der Waals surface area contributed by atoms with Crippen molar-refractivity contribution in [3.63, 3.8) is 0 Å². The first-order valence-corrected chi connectivity index (χ1v) is 9.68. The number of rotatable bonds is 6. The monoisotopic (exact) mass is 445 g/mol. The van der Waals surface area contributed by atoms with Crippen LogP contribution in [0.1, 0.15) is 16.7 Å². The molecule has 0 amide bonds. The molecular weight excluding hydrogens is 430 g/mol. The van der Waals surface area contributed by atoms with E-state index >= 15 is 0 Å². The van der Waals surface area contributed by atoms with Crippen molar-refractivity contribution in [3.05, 3.63) is 99.0 Å². The average Bonchev–Trinajstić information content (AvgIpc) is 2.67. The van der Waals surface area contributed by atoms with Gasteiger partial charge in [-0.2, -0.15) is 0 Å². The van der Waals surface area contributed by atoms with E-state index in [-0.39, 0.29) is 0 Å². The van der Waals surface area contributed by atoms with Gasteiger partial charge in [-0.3, -0.25) is 0 Å². The van der Waals surface area contributed by atoms with E-state index in [2.05, 4.69) is 21.2 Å². The molecule has 1 N–H and O–H groups in total. The topological polar surface area (TPSA) is 21.3 Å². The summed E-state index contributed by atoms with van der Waals surface area (Å²) in [7, 11) is 0. The lowest BCUT2D eigenvalue weighted by molar-refractivity contribution is 0.305. The highest BCUT2D eigenvalue weighted by Gasteiger charge is 2.10. The smallest absolute Gasteiger partial charge is 0.130 e. The minimum atomic E-state index is 0.495. The quantitative estimate of drug-likeness (QED) is 0.459. The Morgan fingerprint density at radius 2 is 1.69 bits per heavy atom. The second kappa shape index (κ2) is 9.17. The van der Waals surface area contributed by atoms with Gasteiger partial charge in [-0.25, -0.2) is 0 Å². The molecule has 0 bridgehead atoms. The van der Waals surface area contributed by atoms with Crippen LogP contribution in [0.25, 0.3) is 0 Å². The molecule has 0 unspecified atom stereocenters. The molecule has 26 heavy (non-hydrogen) atoms. The largest absolute Gasteiger partial charge is 0.488 e. The molecule has 0 saturated heterocycles.